The molecule has 0 saturated heterocycles. The van der Waals surface area contributed by atoms with Crippen molar-refractivity contribution in [3.05, 3.63) is 46.2 Å². The molecule has 0 saturated carbocycles. The molecule has 1 N–H and O–H groups in total. The highest BCUT2D eigenvalue weighted by atomic mass is 32.1. The molecule has 0 spiro atoms. The maximum Gasteiger partial charge on any atom is 0.226 e. The Morgan fingerprint density at radius 3 is 3.06 bits per heavy atom. The van der Waals surface area contributed by atoms with Gasteiger partial charge in [-0.2, -0.15) is 0 Å². The summed E-state index contributed by atoms with van der Waals surface area (Å²) in [5.74, 6) is -0.0147. The van der Waals surface area contributed by atoms with Gasteiger partial charge in [-0.15, -0.1) is 11.3 Å². The molecule has 0 radical (unpaired) electrons. The van der Waals surface area contributed by atoms with Crippen molar-refractivity contribution in [3.8, 4) is 0 Å². The van der Waals surface area contributed by atoms with Crippen LogP contribution in [0, 0.1) is 6.92 Å². The molecule has 2 rings (SSSR count). The van der Waals surface area contributed by atoms with Crippen LogP contribution in [0.1, 0.15) is 16.3 Å². The summed E-state index contributed by atoms with van der Waals surface area (Å²) in [5, 5.41) is 5.74. The second kappa shape index (κ2) is 5.54. The summed E-state index contributed by atoms with van der Waals surface area (Å²) >= 11 is 1.56. The highest BCUT2D eigenvalue weighted by Gasteiger charge is 2.05. The van der Waals surface area contributed by atoms with E-state index < -0.39 is 0 Å². The number of pyridine rings is 1. The van der Waals surface area contributed by atoms with Crippen LogP contribution in [0.3, 0.4) is 0 Å². The number of hydrogen-bond donors (Lipinski definition) is 1. The predicted molar refractivity (Wildman–Crippen MR) is 66.6 cm³/mol. The van der Waals surface area contributed by atoms with Crippen LogP contribution in [0.25, 0.3) is 0 Å². The van der Waals surface area contributed by atoms with Crippen LogP contribution in [-0.2, 0) is 17.8 Å². The van der Waals surface area contributed by atoms with E-state index >= 15 is 0 Å². The smallest absolute Gasteiger partial charge is 0.226 e. The molecule has 2 heterocycles. The Balaban J connectivity index is 1.82. The molecule has 2 aromatic heterocycles. The minimum absolute atomic E-state index is 0.0147. The number of nitrogens with one attached hydrogen (secondary N) is 1. The summed E-state index contributed by atoms with van der Waals surface area (Å²) < 4.78 is 0. The van der Waals surface area contributed by atoms with E-state index in [2.05, 4.69) is 15.3 Å². The van der Waals surface area contributed by atoms with Gasteiger partial charge in [0.15, 0.2) is 0 Å². The number of thiazole rings is 1. The van der Waals surface area contributed by atoms with E-state index in [9.17, 15) is 4.79 Å². The van der Waals surface area contributed by atoms with E-state index in [4.69, 9.17) is 0 Å². The highest BCUT2D eigenvalue weighted by molar-refractivity contribution is 7.09. The molecule has 1 amide bonds. The second-order valence-corrected chi connectivity index (χ2v) is 4.73. The molecule has 0 atom stereocenters. The number of hydrogen-bond acceptors (Lipinski definition) is 4. The monoisotopic (exact) mass is 247 g/mol. The largest absolute Gasteiger partial charge is 0.352 e. The van der Waals surface area contributed by atoms with Gasteiger partial charge in [0.1, 0.15) is 0 Å². The molecule has 5 heteroatoms. The van der Waals surface area contributed by atoms with Crippen molar-refractivity contribution in [1.29, 1.82) is 0 Å². The summed E-state index contributed by atoms with van der Waals surface area (Å²) in [4.78, 5) is 19.9. The van der Waals surface area contributed by atoms with Crippen molar-refractivity contribution in [2.75, 3.05) is 0 Å². The standard InChI is InChI=1S/C12H13N3OS/c1-9-15-11(8-17-9)5-12(16)14-7-10-3-2-4-13-6-10/h2-4,6,8H,5,7H2,1H3,(H,14,16). The molecular weight excluding hydrogens is 234 g/mol. The van der Waals surface area contributed by atoms with Gasteiger partial charge in [0.05, 0.1) is 17.1 Å². The first-order chi connectivity index (χ1) is 8.24. The van der Waals surface area contributed by atoms with Crippen molar-refractivity contribution in [2.45, 2.75) is 19.9 Å². The van der Waals surface area contributed by atoms with E-state index in [1.807, 2.05) is 24.4 Å². The Bertz CT molecular complexity index is 495. The van der Waals surface area contributed by atoms with Gasteiger partial charge in [0.25, 0.3) is 0 Å². The summed E-state index contributed by atoms with van der Waals surface area (Å²) in [6.45, 7) is 2.44. The van der Waals surface area contributed by atoms with Crippen molar-refractivity contribution in [3.63, 3.8) is 0 Å². The van der Waals surface area contributed by atoms with Crippen LogP contribution in [0.4, 0.5) is 0 Å². The molecule has 0 unspecified atom stereocenters. The van der Waals surface area contributed by atoms with Crippen molar-refractivity contribution >= 4 is 17.2 Å². The van der Waals surface area contributed by atoms with Gasteiger partial charge in [-0.05, 0) is 18.6 Å². The van der Waals surface area contributed by atoms with Crippen LogP contribution >= 0.6 is 11.3 Å². The van der Waals surface area contributed by atoms with Crippen LogP contribution < -0.4 is 5.32 Å². The number of amides is 1. The molecule has 17 heavy (non-hydrogen) atoms. The third-order valence-electron chi connectivity index (χ3n) is 2.22. The lowest BCUT2D eigenvalue weighted by Crippen LogP contribution is -2.24. The van der Waals surface area contributed by atoms with Gasteiger partial charge in [0, 0.05) is 24.3 Å². The molecule has 0 aliphatic carbocycles. The number of rotatable bonds is 4. The normalized spacial score (nSPS) is 10.2. The molecule has 88 valence electrons. The van der Waals surface area contributed by atoms with Crippen molar-refractivity contribution in [2.24, 2.45) is 0 Å². The Kier molecular flexibility index (Phi) is 3.82. The van der Waals surface area contributed by atoms with Crippen LogP contribution in [0.15, 0.2) is 29.9 Å². The van der Waals surface area contributed by atoms with Crippen molar-refractivity contribution < 1.29 is 4.79 Å². The fourth-order valence-electron chi connectivity index (χ4n) is 1.42. The zero-order valence-corrected chi connectivity index (χ0v) is 10.3. The third-order valence-corrected chi connectivity index (χ3v) is 3.04. The summed E-state index contributed by atoms with van der Waals surface area (Å²) in [6.07, 6.45) is 3.79. The Hall–Kier alpha value is -1.75. The molecule has 0 aliphatic rings. The highest BCUT2D eigenvalue weighted by Crippen LogP contribution is 2.08. The first-order valence-corrected chi connectivity index (χ1v) is 6.18. The molecule has 2 aromatic rings. The quantitative estimate of drug-likeness (QED) is 0.894. The summed E-state index contributed by atoms with van der Waals surface area (Å²) in [6, 6.07) is 3.78. The molecule has 0 fully saturated rings. The number of carbonyl (C=O) groups is 1. The minimum Gasteiger partial charge on any atom is -0.352 e. The lowest BCUT2D eigenvalue weighted by molar-refractivity contribution is -0.120. The van der Waals surface area contributed by atoms with E-state index in [0.717, 1.165) is 16.3 Å². The number of nitrogens with zero attached hydrogens (tertiary/aromatic N) is 2. The van der Waals surface area contributed by atoms with Gasteiger partial charge >= 0.3 is 0 Å². The lowest BCUT2D eigenvalue weighted by atomic mass is 10.2. The summed E-state index contributed by atoms with van der Waals surface area (Å²) in [7, 11) is 0. The van der Waals surface area contributed by atoms with E-state index in [1.54, 1.807) is 23.7 Å². The second-order valence-electron chi connectivity index (χ2n) is 3.67. The van der Waals surface area contributed by atoms with E-state index in [1.165, 1.54) is 0 Å². The van der Waals surface area contributed by atoms with Crippen LogP contribution in [0.5, 0.6) is 0 Å². The van der Waals surface area contributed by atoms with Gasteiger partial charge in [-0.25, -0.2) is 4.98 Å². The molecular formula is C12H13N3OS. The van der Waals surface area contributed by atoms with Gasteiger partial charge < -0.3 is 5.32 Å². The number of carbonyl (C=O) groups excluding carboxylic acids is 1. The van der Waals surface area contributed by atoms with E-state index in [-0.39, 0.29) is 5.91 Å². The zero-order chi connectivity index (χ0) is 12.1. The van der Waals surface area contributed by atoms with Crippen LogP contribution in [-0.4, -0.2) is 15.9 Å². The maximum absolute atomic E-state index is 11.6. The molecule has 4 nitrogen and oxygen atoms in total. The van der Waals surface area contributed by atoms with Gasteiger partial charge in [-0.1, -0.05) is 6.07 Å². The van der Waals surface area contributed by atoms with Crippen molar-refractivity contribution in [1.82, 2.24) is 15.3 Å². The minimum atomic E-state index is -0.0147. The van der Waals surface area contributed by atoms with E-state index in [0.29, 0.717) is 13.0 Å². The number of aryl methyl sites for hydroxylation is 1. The zero-order valence-electron chi connectivity index (χ0n) is 9.51. The lowest BCUT2D eigenvalue weighted by Gasteiger charge is -2.03. The van der Waals surface area contributed by atoms with Gasteiger partial charge in [0.2, 0.25) is 5.91 Å². The fourth-order valence-corrected chi connectivity index (χ4v) is 2.03. The third kappa shape index (κ3) is 3.64. The predicted octanol–water partition coefficient (Wildman–Crippen LogP) is 1.71. The topological polar surface area (TPSA) is 54.9 Å². The Morgan fingerprint density at radius 1 is 1.53 bits per heavy atom. The average Bonchev–Trinajstić information content (AvgIpc) is 2.73. The molecule has 0 aliphatic heterocycles. The average molecular weight is 247 g/mol. The Morgan fingerprint density at radius 2 is 2.41 bits per heavy atom. The molecule has 0 aromatic carbocycles. The number of aromatic nitrogens is 2. The summed E-state index contributed by atoms with van der Waals surface area (Å²) in [5.41, 5.74) is 1.83. The first-order valence-electron chi connectivity index (χ1n) is 5.30. The molecule has 0 bridgehead atoms. The van der Waals surface area contributed by atoms with Crippen LogP contribution in [0.2, 0.25) is 0 Å². The Labute approximate surface area is 104 Å². The SMILES string of the molecule is Cc1nc(CC(=O)NCc2cccnc2)cs1. The first kappa shape index (κ1) is 11.7. The fraction of sp³-hybridized carbons (Fsp3) is 0.250. The van der Waals surface area contributed by atoms with Gasteiger partial charge in [-0.3, -0.25) is 9.78 Å². The maximum atomic E-state index is 11.6.